The van der Waals surface area contributed by atoms with Crippen LogP contribution in [0, 0.1) is 15.9 Å². The number of nitro groups is 1. The second-order valence-corrected chi connectivity index (χ2v) is 5.99. The molecule has 3 rings (SSSR count). The van der Waals surface area contributed by atoms with E-state index in [0.29, 0.717) is 0 Å². The minimum absolute atomic E-state index is 0.0315. The van der Waals surface area contributed by atoms with Gasteiger partial charge in [-0.1, -0.05) is 18.2 Å². The lowest BCUT2D eigenvalue weighted by atomic mass is 10.1. The van der Waals surface area contributed by atoms with Crippen LogP contribution in [0.2, 0.25) is 0 Å². The SMILES string of the molecule is COc1cc(/C=C2\NC(=O)N(Cc3ccccc3F)C2=O)c([N+](=O)[O-])cc1OC. The number of amides is 3. The van der Waals surface area contributed by atoms with Crippen LogP contribution in [-0.2, 0) is 11.3 Å². The van der Waals surface area contributed by atoms with Crippen LogP contribution >= 0.6 is 0 Å². The Morgan fingerprint density at radius 1 is 1.17 bits per heavy atom. The van der Waals surface area contributed by atoms with Crippen LogP contribution < -0.4 is 14.8 Å². The number of carbonyl (C=O) groups is 2. The molecule has 10 heteroatoms. The van der Waals surface area contributed by atoms with Gasteiger partial charge in [-0.05, 0) is 18.2 Å². The Hall–Kier alpha value is -3.95. The van der Waals surface area contributed by atoms with Gasteiger partial charge in [0.25, 0.3) is 11.6 Å². The highest BCUT2D eigenvalue weighted by atomic mass is 19.1. The zero-order valence-corrected chi connectivity index (χ0v) is 15.5. The fraction of sp³-hybridized carbons (Fsp3) is 0.158. The average Bonchev–Trinajstić information content (AvgIpc) is 2.96. The highest BCUT2D eigenvalue weighted by Gasteiger charge is 2.34. The number of carbonyl (C=O) groups excluding carboxylic acids is 2. The predicted molar refractivity (Wildman–Crippen MR) is 99.7 cm³/mol. The summed E-state index contributed by atoms with van der Waals surface area (Å²) < 4.78 is 24.0. The largest absolute Gasteiger partial charge is 0.493 e. The van der Waals surface area contributed by atoms with E-state index in [1.165, 1.54) is 44.6 Å². The van der Waals surface area contributed by atoms with Gasteiger partial charge in [-0.2, -0.15) is 0 Å². The van der Waals surface area contributed by atoms with Crippen LogP contribution in [0.15, 0.2) is 42.1 Å². The zero-order valence-electron chi connectivity index (χ0n) is 15.5. The van der Waals surface area contributed by atoms with Gasteiger partial charge < -0.3 is 14.8 Å². The average molecular weight is 401 g/mol. The number of hydrogen-bond donors (Lipinski definition) is 1. The van der Waals surface area contributed by atoms with Crippen molar-refractivity contribution in [2.24, 2.45) is 0 Å². The number of methoxy groups -OCH3 is 2. The normalized spacial score (nSPS) is 14.9. The molecule has 0 atom stereocenters. The first kappa shape index (κ1) is 19.8. The second-order valence-electron chi connectivity index (χ2n) is 5.99. The minimum atomic E-state index is -0.757. The van der Waals surface area contributed by atoms with Crippen molar-refractivity contribution in [3.8, 4) is 11.5 Å². The molecule has 1 aliphatic rings. The van der Waals surface area contributed by atoms with E-state index in [0.717, 1.165) is 11.0 Å². The summed E-state index contributed by atoms with van der Waals surface area (Å²) in [6.45, 7) is -0.275. The van der Waals surface area contributed by atoms with E-state index in [1.54, 1.807) is 6.07 Å². The quantitative estimate of drug-likeness (QED) is 0.345. The number of imide groups is 1. The Kier molecular flexibility index (Phi) is 5.44. The summed E-state index contributed by atoms with van der Waals surface area (Å²) in [5.41, 5.74) is -0.329. The molecule has 150 valence electrons. The van der Waals surface area contributed by atoms with Crippen molar-refractivity contribution < 1.29 is 28.4 Å². The number of halogens is 1. The Bertz CT molecular complexity index is 1040. The van der Waals surface area contributed by atoms with Crippen LogP contribution in [0.1, 0.15) is 11.1 Å². The summed E-state index contributed by atoms with van der Waals surface area (Å²) in [5.74, 6) is -0.933. The Labute approximate surface area is 164 Å². The lowest BCUT2D eigenvalue weighted by molar-refractivity contribution is -0.385. The van der Waals surface area contributed by atoms with E-state index in [-0.39, 0.29) is 40.6 Å². The van der Waals surface area contributed by atoms with Gasteiger partial charge in [-0.25, -0.2) is 9.18 Å². The molecule has 0 radical (unpaired) electrons. The van der Waals surface area contributed by atoms with Crippen molar-refractivity contribution in [2.75, 3.05) is 14.2 Å². The highest BCUT2D eigenvalue weighted by Crippen LogP contribution is 2.35. The molecule has 0 aliphatic carbocycles. The van der Waals surface area contributed by atoms with E-state index in [1.807, 2.05) is 0 Å². The number of nitro benzene ring substituents is 1. The van der Waals surface area contributed by atoms with Crippen molar-refractivity contribution >= 4 is 23.7 Å². The lowest BCUT2D eigenvalue weighted by Gasteiger charge is -2.12. The molecule has 1 N–H and O–H groups in total. The monoisotopic (exact) mass is 401 g/mol. The summed E-state index contributed by atoms with van der Waals surface area (Å²) in [4.78, 5) is 36.4. The second kappa shape index (κ2) is 7.97. The number of ether oxygens (including phenoxy) is 2. The van der Waals surface area contributed by atoms with Crippen LogP contribution in [-0.4, -0.2) is 36.0 Å². The van der Waals surface area contributed by atoms with E-state index in [4.69, 9.17) is 9.47 Å². The molecular weight excluding hydrogens is 385 g/mol. The molecule has 29 heavy (non-hydrogen) atoms. The molecule has 2 aromatic carbocycles. The molecule has 0 spiro atoms. The zero-order chi connectivity index (χ0) is 21.1. The molecule has 0 aromatic heterocycles. The number of urea groups is 1. The van der Waals surface area contributed by atoms with Gasteiger partial charge >= 0.3 is 6.03 Å². The first-order chi connectivity index (χ1) is 13.8. The summed E-state index contributed by atoms with van der Waals surface area (Å²) in [7, 11) is 2.69. The van der Waals surface area contributed by atoms with Crippen molar-refractivity contribution in [2.45, 2.75) is 6.54 Å². The molecule has 0 saturated carbocycles. The van der Waals surface area contributed by atoms with E-state index < -0.39 is 22.7 Å². The van der Waals surface area contributed by atoms with Crippen LogP contribution in [0.3, 0.4) is 0 Å². The molecule has 9 nitrogen and oxygen atoms in total. The first-order valence-electron chi connectivity index (χ1n) is 8.34. The van der Waals surface area contributed by atoms with Crippen molar-refractivity contribution in [1.29, 1.82) is 0 Å². The molecule has 3 amide bonds. The van der Waals surface area contributed by atoms with Gasteiger partial charge in [-0.15, -0.1) is 0 Å². The standard InChI is InChI=1S/C19H16FN3O6/c1-28-16-8-12(15(23(26)27)9-17(16)29-2)7-14-18(24)22(19(25)21-14)10-11-5-3-4-6-13(11)20/h3-9H,10H2,1-2H3,(H,21,25)/b14-7-. The molecular formula is C19H16FN3O6. The maximum Gasteiger partial charge on any atom is 0.329 e. The maximum absolute atomic E-state index is 13.9. The van der Waals surface area contributed by atoms with Crippen LogP contribution in [0.25, 0.3) is 6.08 Å². The molecule has 1 fully saturated rings. The summed E-state index contributed by atoms with van der Waals surface area (Å²) in [5, 5.41) is 13.8. The van der Waals surface area contributed by atoms with Gasteiger partial charge in [0.1, 0.15) is 11.5 Å². The molecule has 1 saturated heterocycles. The van der Waals surface area contributed by atoms with Crippen molar-refractivity contribution in [1.82, 2.24) is 10.2 Å². The van der Waals surface area contributed by atoms with Crippen LogP contribution in [0.4, 0.5) is 14.9 Å². The Morgan fingerprint density at radius 2 is 1.83 bits per heavy atom. The molecule has 1 heterocycles. The van der Waals surface area contributed by atoms with E-state index in [2.05, 4.69) is 5.32 Å². The highest BCUT2D eigenvalue weighted by molar-refractivity contribution is 6.14. The summed E-state index contributed by atoms with van der Waals surface area (Å²) >= 11 is 0. The minimum Gasteiger partial charge on any atom is -0.493 e. The summed E-state index contributed by atoms with van der Waals surface area (Å²) in [6, 6.07) is 7.47. The Balaban J connectivity index is 1.97. The molecule has 0 unspecified atom stereocenters. The topological polar surface area (TPSA) is 111 Å². The third kappa shape index (κ3) is 3.86. The van der Waals surface area contributed by atoms with Gasteiger partial charge in [0.2, 0.25) is 0 Å². The smallest absolute Gasteiger partial charge is 0.329 e. The number of hydrogen-bond acceptors (Lipinski definition) is 6. The fourth-order valence-corrected chi connectivity index (χ4v) is 2.83. The van der Waals surface area contributed by atoms with Gasteiger partial charge in [0.05, 0.1) is 37.3 Å². The third-order valence-corrected chi connectivity index (χ3v) is 4.28. The lowest BCUT2D eigenvalue weighted by Crippen LogP contribution is -2.30. The maximum atomic E-state index is 13.9. The number of nitrogens with zero attached hydrogens (tertiary/aromatic N) is 2. The van der Waals surface area contributed by atoms with Gasteiger partial charge in [0, 0.05) is 5.56 Å². The third-order valence-electron chi connectivity index (χ3n) is 4.28. The Morgan fingerprint density at radius 3 is 2.45 bits per heavy atom. The fourth-order valence-electron chi connectivity index (χ4n) is 2.83. The predicted octanol–water partition coefficient (Wildman–Crippen LogP) is 2.84. The number of benzene rings is 2. The van der Waals surface area contributed by atoms with Gasteiger partial charge in [0.15, 0.2) is 11.5 Å². The summed E-state index contributed by atoms with van der Waals surface area (Å²) in [6.07, 6.45) is 1.17. The number of rotatable bonds is 6. The van der Waals surface area contributed by atoms with E-state index >= 15 is 0 Å². The van der Waals surface area contributed by atoms with E-state index in [9.17, 15) is 24.1 Å². The van der Waals surface area contributed by atoms with Crippen molar-refractivity contribution in [3.05, 3.63) is 69.2 Å². The molecule has 1 aliphatic heterocycles. The van der Waals surface area contributed by atoms with Gasteiger partial charge in [-0.3, -0.25) is 19.8 Å². The van der Waals surface area contributed by atoms with Crippen molar-refractivity contribution in [3.63, 3.8) is 0 Å². The molecule has 2 aromatic rings. The first-order valence-corrected chi connectivity index (χ1v) is 8.34. The molecule has 0 bridgehead atoms. The van der Waals surface area contributed by atoms with Crippen LogP contribution in [0.5, 0.6) is 11.5 Å². The number of nitrogens with one attached hydrogen (secondary N) is 1.